The molecule has 0 aliphatic carbocycles. The molecule has 0 fully saturated rings. The highest BCUT2D eigenvalue weighted by Gasteiger charge is 2.10. The highest BCUT2D eigenvalue weighted by atomic mass is 16.5. The first kappa shape index (κ1) is 22.4. The highest BCUT2D eigenvalue weighted by Crippen LogP contribution is 2.19. The van der Waals surface area contributed by atoms with Gasteiger partial charge in [-0.3, -0.25) is 4.79 Å². The molecule has 0 aliphatic rings. The summed E-state index contributed by atoms with van der Waals surface area (Å²) in [7, 11) is 0. The Bertz CT molecular complexity index is 934. The Labute approximate surface area is 185 Å². The summed E-state index contributed by atoms with van der Waals surface area (Å²) in [5, 5.41) is 2.99. The first-order chi connectivity index (χ1) is 15.0. The average Bonchev–Trinajstić information content (AvgIpc) is 2.78. The van der Waals surface area contributed by atoms with Gasteiger partial charge in [0.05, 0.1) is 6.04 Å². The maximum atomic E-state index is 12.3. The predicted octanol–water partition coefficient (Wildman–Crippen LogP) is 5.72. The van der Waals surface area contributed by atoms with E-state index in [0.29, 0.717) is 18.3 Å². The van der Waals surface area contributed by atoms with Gasteiger partial charge in [-0.25, -0.2) is 0 Å². The summed E-state index contributed by atoms with van der Waals surface area (Å²) < 4.78 is 11.4. The quantitative estimate of drug-likeness (QED) is 0.459. The standard InChI is InChI=1S/C27H31NO3/c1-20(2)17-22-9-11-24(12-10-22)21(3)28-27(29)19-31-26-15-13-25(14-16-26)30-18-23-7-5-4-6-8-23/h4-16,20-21H,17-19H2,1-3H3,(H,28,29)/t21-/m1/s1. The van der Waals surface area contributed by atoms with E-state index in [1.54, 1.807) is 0 Å². The van der Waals surface area contributed by atoms with E-state index in [1.807, 2.05) is 61.5 Å². The molecule has 3 aromatic carbocycles. The first-order valence-corrected chi connectivity index (χ1v) is 10.8. The number of carbonyl (C=O) groups excluding carboxylic acids is 1. The van der Waals surface area contributed by atoms with Gasteiger partial charge < -0.3 is 14.8 Å². The molecule has 162 valence electrons. The molecule has 31 heavy (non-hydrogen) atoms. The Balaban J connectivity index is 1.42. The lowest BCUT2D eigenvalue weighted by Gasteiger charge is -2.16. The summed E-state index contributed by atoms with van der Waals surface area (Å²) in [5.74, 6) is 1.87. The van der Waals surface area contributed by atoms with Crippen molar-refractivity contribution in [3.63, 3.8) is 0 Å². The lowest BCUT2D eigenvalue weighted by atomic mass is 10.00. The summed E-state index contributed by atoms with van der Waals surface area (Å²) in [5.41, 5.74) is 3.51. The molecule has 0 saturated carbocycles. The minimum absolute atomic E-state index is 0.0278. The predicted molar refractivity (Wildman–Crippen MR) is 124 cm³/mol. The SMILES string of the molecule is CC(C)Cc1ccc([C@@H](C)NC(=O)COc2ccc(OCc3ccccc3)cc2)cc1. The zero-order valence-corrected chi connectivity index (χ0v) is 18.5. The van der Waals surface area contributed by atoms with Gasteiger partial charge in [-0.05, 0) is 60.2 Å². The summed E-state index contributed by atoms with van der Waals surface area (Å²) in [6, 6.07) is 25.7. The van der Waals surface area contributed by atoms with Gasteiger partial charge in [0.25, 0.3) is 5.91 Å². The second-order valence-electron chi connectivity index (χ2n) is 8.16. The zero-order valence-electron chi connectivity index (χ0n) is 18.5. The van der Waals surface area contributed by atoms with Crippen LogP contribution in [0, 0.1) is 5.92 Å². The Morgan fingerprint density at radius 2 is 1.39 bits per heavy atom. The van der Waals surface area contributed by atoms with Gasteiger partial charge in [0.15, 0.2) is 6.61 Å². The van der Waals surface area contributed by atoms with E-state index in [-0.39, 0.29) is 18.6 Å². The van der Waals surface area contributed by atoms with Crippen LogP contribution in [0.1, 0.15) is 43.5 Å². The molecular weight excluding hydrogens is 386 g/mol. The fourth-order valence-corrected chi connectivity index (χ4v) is 3.30. The highest BCUT2D eigenvalue weighted by molar-refractivity contribution is 5.78. The van der Waals surface area contributed by atoms with E-state index in [0.717, 1.165) is 23.3 Å². The smallest absolute Gasteiger partial charge is 0.258 e. The fraction of sp³-hybridized carbons (Fsp3) is 0.296. The van der Waals surface area contributed by atoms with Crippen molar-refractivity contribution in [2.45, 2.75) is 39.8 Å². The minimum Gasteiger partial charge on any atom is -0.489 e. The van der Waals surface area contributed by atoms with Crippen molar-refractivity contribution in [2.24, 2.45) is 5.92 Å². The molecule has 4 nitrogen and oxygen atoms in total. The van der Waals surface area contributed by atoms with Crippen LogP contribution in [0.25, 0.3) is 0 Å². The van der Waals surface area contributed by atoms with E-state index in [9.17, 15) is 4.79 Å². The normalized spacial score (nSPS) is 11.7. The topological polar surface area (TPSA) is 47.6 Å². The average molecular weight is 418 g/mol. The maximum absolute atomic E-state index is 12.3. The van der Waals surface area contributed by atoms with Crippen LogP contribution in [0.15, 0.2) is 78.9 Å². The lowest BCUT2D eigenvalue weighted by Crippen LogP contribution is -2.31. The van der Waals surface area contributed by atoms with Gasteiger partial charge in [0.1, 0.15) is 18.1 Å². The first-order valence-electron chi connectivity index (χ1n) is 10.8. The van der Waals surface area contributed by atoms with Crippen LogP contribution in [0.4, 0.5) is 0 Å². The van der Waals surface area contributed by atoms with E-state index in [1.165, 1.54) is 5.56 Å². The molecule has 0 spiro atoms. The van der Waals surface area contributed by atoms with Gasteiger partial charge in [-0.2, -0.15) is 0 Å². The largest absolute Gasteiger partial charge is 0.489 e. The zero-order chi connectivity index (χ0) is 22.1. The number of carbonyl (C=O) groups is 1. The number of amides is 1. The summed E-state index contributed by atoms with van der Waals surface area (Å²) in [6.45, 7) is 6.89. The molecule has 3 rings (SSSR count). The van der Waals surface area contributed by atoms with Crippen LogP contribution in [-0.2, 0) is 17.8 Å². The number of nitrogens with one attached hydrogen (secondary N) is 1. The van der Waals surface area contributed by atoms with Crippen LogP contribution < -0.4 is 14.8 Å². The Kier molecular flexibility index (Phi) is 8.11. The monoisotopic (exact) mass is 417 g/mol. The van der Waals surface area contributed by atoms with E-state index in [2.05, 4.69) is 43.4 Å². The Morgan fingerprint density at radius 1 is 0.774 bits per heavy atom. The third kappa shape index (κ3) is 7.49. The van der Waals surface area contributed by atoms with E-state index < -0.39 is 0 Å². The number of rotatable bonds is 10. The molecule has 1 N–H and O–H groups in total. The third-order valence-electron chi connectivity index (χ3n) is 4.94. The second kappa shape index (κ2) is 11.2. The molecule has 1 atom stereocenters. The molecule has 0 saturated heterocycles. The Morgan fingerprint density at radius 3 is 2.00 bits per heavy atom. The van der Waals surface area contributed by atoms with Crippen molar-refractivity contribution in [1.82, 2.24) is 5.32 Å². The van der Waals surface area contributed by atoms with Crippen LogP contribution in [0.5, 0.6) is 11.5 Å². The van der Waals surface area contributed by atoms with Crippen LogP contribution in [-0.4, -0.2) is 12.5 Å². The molecule has 0 aliphatic heterocycles. The fourth-order valence-electron chi connectivity index (χ4n) is 3.30. The van der Waals surface area contributed by atoms with Gasteiger partial charge >= 0.3 is 0 Å². The Hall–Kier alpha value is -3.27. The van der Waals surface area contributed by atoms with Crippen molar-refractivity contribution in [3.05, 3.63) is 95.6 Å². The molecule has 1 amide bonds. The molecular formula is C27H31NO3. The van der Waals surface area contributed by atoms with Gasteiger partial charge in [-0.15, -0.1) is 0 Å². The number of hydrogen-bond donors (Lipinski definition) is 1. The summed E-state index contributed by atoms with van der Waals surface area (Å²) in [4.78, 5) is 12.3. The van der Waals surface area contributed by atoms with Crippen molar-refractivity contribution < 1.29 is 14.3 Å². The van der Waals surface area contributed by atoms with E-state index in [4.69, 9.17) is 9.47 Å². The van der Waals surface area contributed by atoms with Crippen molar-refractivity contribution >= 4 is 5.91 Å². The number of ether oxygens (including phenoxy) is 2. The van der Waals surface area contributed by atoms with Crippen molar-refractivity contribution in [2.75, 3.05) is 6.61 Å². The van der Waals surface area contributed by atoms with Crippen LogP contribution in [0.2, 0.25) is 0 Å². The number of hydrogen-bond acceptors (Lipinski definition) is 3. The van der Waals surface area contributed by atoms with Crippen LogP contribution >= 0.6 is 0 Å². The third-order valence-corrected chi connectivity index (χ3v) is 4.94. The molecule has 4 heteroatoms. The van der Waals surface area contributed by atoms with E-state index >= 15 is 0 Å². The molecule has 3 aromatic rings. The molecule has 0 bridgehead atoms. The molecule has 0 heterocycles. The number of benzene rings is 3. The van der Waals surface area contributed by atoms with Crippen LogP contribution in [0.3, 0.4) is 0 Å². The maximum Gasteiger partial charge on any atom is 0.258 e. The van der Waals surface area contributed by atoms with Gasteiger partial charge in [-0.1, -0.05) is 68.4 Å². The summed E-state index contributed by atoms with van der Waals surface area (Å²) in [6.07, 6.45) is 1.06. The minimum atomic E-state index is -0.150. The van der Waals surface area contributed by atoms with Gasteiger partial charge in [0.2, 0.25) is 0 Å². The summed E-state index contributed by atoms with van der Waals surface area (Å²) >= 11 is 0. The lowest BCUT2D eigenvalue weighted by molar-refractivity contribution is -0.123. The molecule has 0 radical (unpaired) electrons. The van der Waals surface area contributed by atoms with Crippen molar-refractivity contribution in [1.29, 1.82) is 0 Å². The van der Waals surface area contributed by atoms with Gasteiger partial charge in [0, 0.05) is 0 Å². The van der Waals surface area contributed by atoms with Crippen molar-refractivity contribution in [3.8, 4) is 11.5 Å². The second-order valence-corrected chi connectivity index (χ2v) is 8.16. The molecule has 0 unspecified atom stereocenters. The molecule has 0 aromatic heterocycles.